The van der Waals surface area contributed by atoms with E-state index < -0.39 is 0 Å². The molecule has 1 aromatic heterocycles. The molecule has 0 saturated carbocycles. The molecule has 2 heterocycles. The van der Waals surface area contributed by atoms with Gasteiger partial charge in [-0.2, -0.15) is 0 Å². The number of ether oxygens (including phenoxy) is 1. The van der Waals surface area contributed by atoms with Gasteiger partial charge in [-0.1, -0.05) is 13.8 Å². The van der Waals surface area contributed by atoms with Crippen LogP contribution in [-0.4, -0.2) is 17.7 Å². The van der Waals surface area contributed by atoms with Crippen molar-refractivity contribution in [2.75, 3.05) is 6.61 Å². The second-order valence-electron chi connectivity index (χ2n) is 4.67. The van der Waals surface area contributed by atoms with Crippen LogP contribution in [0.2, 0.25) is 0 Å². The van der Waals surface area contributed by atoms with Crippen molar-refractivity contribution in [1.29, 1.82) is 0 Å². The molecule has 2 rings (SSSR count). The highest BCUT2D eigenvalue weighted by molar-refractivity contribution is 7.09. The van der Waals surface area contributed by atoms with E-state index in [9.17, 15) is 0 Å². The van der Waals surface area contributed by atoms with Crippen LogP contribution in [-0.2, 0) is 11.2 Å². The smallest absolute Gasteiger partial charge is 0.0954 e. The first-order chi connectivity index (χ1) is 7.79. The summed E-state index contributed by atoms with van der Waals surface area (Å²) in [5.41, 5.74) is 1.26. The Bertz CT molecular complexity index is 317. The lowest BCUT2D eigenvalue weighted by atomic mass is 10.1. The molecule has 2 atom stereocenters. The van der Waals surface area contributed by atoms with E-state index in [4.69, 9.17) is 9.72 Å². The third kappa shape index (κ3) is 3.05. The van der Waals surface area contributed by atoms with Gasteiger partial charge in [-0.05, 0) is 31.6 Å². The van der Waals surface area contributed by atoms with E-state index in [0.29, 0.717) is 12.0 Å². The predicted molar refractivity (Wildman–Crippen MR) is 68.1 cm³/mol. The van der Waals surface area contributed by atoms with Crippen LogP contribution in [0.3, 0.4) is 0 Å². The molecule has 0 N–H and O–H groups in total. The van der Waals surface area contributed by atoms with Gasteiger partial charge in [0.25, 0.3) is 0 Å². The molecule has 16 heavy (non-hydrogen) atoms. The van der Waals surface area contributed by atoms with Crippen molar-refractivity contribution < 1.29 is 4.74 Å². The van der Waals surface area contributed by atoms with Crippen LogP contribution >= 0.6 is 11.3 Å². The first-order valence-corrected chi connectivity index (χ1v) is 7.23. The van der Waals surface area contributed by atoms with Crippen molar-refractivity contribution in [2.45, 2.75) is 58.0 Å². The zero-order chi connectivity index (χ0) is 11.4. The van der Waals surface area contributed by atoms with E-state index in [2.05, 4.69) is 19.2 Å². The maximum absolute atomic E-state index is 5.74. The van der Waals surface area contributed by atoms with Gasteiger partial charge < -0.3 is 4.74 Å². The second kappa shape index (κ2) is 5.78. The highest BCUT2D eigenvalue weighted by Crippen LogP contribution is 2.24. The highest BCUT2D eigenvalue weighted by Gasteiger charge is 2.17. The van der Waals surface area contributed by atoms with Gasteiger partial charge in [0.05, 0.1) is 16.8 Å². The zero-order valence-electron chi connectivity index (χ0n) is 10.2. The van der Waals surface area contributed by atoms with E-state index >= 15 is 0 Å². The molecule has 0 spiro atoms. The van der Waals surface area contributed by atoms with E-state index in [0.717, 1.165) is 13.0 Å². The van der Waals surface area contributed by atoms with E-state index in [-0.39, 0.29) is 0 Å². The van der Waals surface area contributed by atoms with Crippen LogP contribution in [0.15, 0.2) is 5.38 Å². The summed E-state index contributed by atoms with van der Waals surface area (Å²) < 4.78 is 5.74. The van der Waals surface area contributed by atoms with Crippen molar-refractivity contribution in [2.24, 2.45) is 0 Å². The lowest BCUT2D eigenvalue weighted by Crippen LogP contribution is -2.21. The van der Waals surface area contributed by atoms with Crippen LogP contribution in [0.1, 0.15) is 56.2 Å². The van der Waals surface area contributed by atoms with Crippen LogP contribution in [0.4, 0.5) is 0 Å². The standard InChI is InChI=1S/C13H21NOS/c1-3-10(2)12-9-16-13(14-12)8-11-6-4-5-7-15-11/h9-11H,3-8H2,1-2H3. The first-order valence-electron chi connectivity index (χ1n) is 6.35. The molecule has 1 aliphatic rings. The Morgan fingerprint density at radius 3 is 3.12 bits per heavy atom. The lowest BCUT2D eigenvalue weighted by molar-refractivity contribution is 0.0167. The quantitative estimate of drug-likeness (QED) is 0.798. The van der Waals surface area contributed by atoms with Gasteiger partial charge in [0.2, 0.25) is 0 Å². The van der Waals surface area contributed by atoms with E-state index in [1.165, 1.54) is 36.4 Å². The maximum Gasteiger partial charge on any atom is 0.0954 e. The largest absolute Gasteiger partial charge is 0.378 e. The van der Waals surface area contributed by atoms with Crippen LogP contribution < -0.4 is 0 Å². The summed E-state index contributed by atoms with van der Waals surface area (Å²) in [6.45, 7) is 5.40. The average Bonchev–Trinajstić information content (AvgIpc) is 2.78. The fourth-order valence-electron chi connectivity index (χ4n) is 2.02. The highest BCUT2D eigenvalue weighted by atomic mass is 32.1. The molecule has 1 aliphatic heterocycles. The molecule has 0 bridgehead atoms. The van der Waals surface area contributed by atoms with Crippen LogP contribution in [0.25, 0.3) is 0 Å². The normalized spacial score (nSPS) is 23.2. The van der Waals surface area contributed by atoms with E-state index in [1.54, 1.807) is 11.3 Å². The Hall–Kier alpha value is -0.410. The SMILES string of the molecule is CCC(C)c1csc(CC2CCCCO2)n1. The van der Waals surface area contributed by atoms with Gasteiger partial charge in [0.15, 0.2) is 0 Å². The Balaban J connectivity index is 1.91. The molecule has 0 aromatic carbocycles. The van der Waals surface area contributed by atoms with Crippen LogP contribution in [0.5, 0.6) is 0 Å². The number of hydrogen-bond donors (Lipinski definition) is 0. The topological polar surface area (TPSA) is 22.1 Å². The Morgan fingerprint density at radius 2 is 2.44 bits per heavy atom. The molecule has 90 valence electrons. The molecule has 0 radical (unpaired) electrons. The summed E-state index contributed by atoms with van der Waals surface area (Å²) in [7, 11) is 0. The third-order valence-corrected chi connectivity index (χ3v) is 4.25. The van der Waals surface area contributed by atoms with Crippen molar-refractivity contribution in [3.8, 4) is 0 Å². The number of nitrogens with zero attached hydrogens (tertiary/aromatic N) is 1. The predicted octanol–water partition coefficient (Wildman–Crippen LogP) is 3.77. The molecule has 3 heteroatoms. The monoisotopic (exact) mass is 239 g/mol. The fourth-order valence-corrected chi connectivity index (χ4v) is 3.00. The minimum absolute atomic E-state index is 0.421. The van der Waals surface area contributed by atoms with Gasteiger partial charge in [0, 0.05) is 18.4 Å². The molecule has 0 aliphatic carbocycles. The molecule has 2 unspecified atom stereocenters. The number of thiazole rings is 1. The summed E-state index contributed by atoms with van der Waals surface area (Å²) in [4.78, 5) is 4.71. The number of rotatable bonds is 4. The minimum Gasteiger partial charge on any atom is -0.378 e. The number of hydrogen-bond acceptors (Lipinski definition) is 3. The molecule has 1 fully saturated rings. The van der Waals surface area contributed by atoms with Crippen molar-refractivity contribution in [1.82, 2.24) is 4.98 Å². The molecule has 2 nitrogen and oxygen atoms in total. The summed E-state index contributed by atoms with van der Waals surface area (Å²) in [5, 5.41) is 3.47. The van der Waals surface area contributed by atoms with Crippen LogP contribution in [0, 0.1) is 0 Å². The third-order valence-electron chi connectivity index (χ3n) is 3.36. The van der Waals surface area contributed by atoms with Crippen molar-refractivity contribution in [3.63, 3.8) is 0 Å². The summed E-state index contributed by atoms with van der Waals surface area (Å²) in [5.74, 6) is 0.595. The Kier molecular flexibility index (Phi) is 4.36. The zero-order valence-corrected chi connectivity index (χ0v) is 11.1. The second-order valence-corrected chi connectivity index (χ2v) is 5.61. The Labute approximate surface area is 102 Å². The maximum atomic E-state index is 5.74. The molecule has 0 amide bonds. The average molecular weight is 239 g/mol. The molecule has 1 saturated heterocycles. The Morgan fingerprint density at radius 1 is 1.56 bits per heavy atom. The van der Waals surface area contributed by atoms with Crippen molar-refractivity contribution in [3.05, 3.63) is 16.1 Å². The minimum atomic E-state index is 0.421. The summed E-state index contributed by atoms with van der Waals surface area (Å²) in [6, 6.07) is 0. The van der Waals surface area contributed by atoms with Gasteiger partial charge in [-0.25, -0.2) is 4.98 Å². The summed E-state index contributed by atoms with van der Waals surface area (Å²) in [6.07, 6.45) is 6.35. The van der Waals surface area contributed by atoms with Gasteiger partial charge in [-0.3, -0.25) is 0 Å². The number of aromatic nitrogens is 1. The lowest BCUT2D eigenvalue weighted by Gasteiger charge is -2.21. The molecular formula is C13H21NOS. The van der Waals surface area contributed by atoms with Crippen molar-refractivity contribution >= 4 is 11.3 Å². The van der Waals surface area contributed by atoms with E-state index in [1.807, 2.05) is 0 Å². The molecular weight excluding hydrogens is 218 g/mol. The molecule has 1 aromatic rings. The van der Waals surface area contributed by atoms with Gasteiger partial charge in [-0.15, -0.1) is 11.3 Å². The van der Waals surface area contributed by atoms with Gasteiger partial charge in [0.1, 0.15) is 0 Å². The fraction of sp³-hybridized carbons (Fsp3) is 0.769. The first kappa shape index (κ1) is 12.1. The van der Waals surface area contributed by atoms with Gasteiger partial charge >= 0.3 is 0 Å². The summed E-state index contributed by atoms with van der Waals surface area (Å²) >= 11 is 1.80.